The maximum atomic E-state index is 4.21. The van der Waals surface area contributed by atoms with Gasteiger partial charge in [-0.05, 0) is 24.6 Å². The number of hydrogen-bond acceptors (Lipinski definition) is 1. The summed E-state index contributed by atoms with van der Waals surface area (Å²) < 4.78 is 4.36. The predicted molar refractivity (Wildman–Crippen MR) is 85.3 cm³/mol. The number of imidazole rings is 1. The van der Waals surface area contributed by atoms with Gasteiger partial charge in [-0.25, -0.2) is 4.98 Å². The fourth-order valence-electron chi connectivity index (χ4n) is 2.65. The standard InChI is InChI=1S/C18H19N3/c1-3-11-20-12-4-5-17(20)18(21-13-10-19-14-21)16-8-6-15(2)7-9-16/h3-10,12-14,18H,1,11H2,2H3. The molecule has 1 atom stereocenters. The van der Waals surface area contributed by atoms with E-state index >= 15 is 0 Å². The lowest BCUT2D eigenvalue weighted by atomic mass is 10.0. The predicted octanol–water partition coefficient (Wildman–Crippen LogP) is 3.82. The largest absolute Gasteiger partial charge is 0.345 e. The molecule has 3 nitrogen and oxygen atoms in total. The van der Waals surface area contributed by atoms with Crippen molar-refractivity contribution >= 4 is 0 Å². The Bertz CT molecular complexity index is 705. The van der Waals surface area contributed by atoms with Gasteiger partial charge in [-0.3, -0.25) is 0 Å². The molecule has 3 aromatic rings. The summed E-state index contributed by atoms with van der Waals surface area (Å²) in [7, 11) is 0. The van der Waals surface area contributed by atoms with Crippen LogP contribution in [0.4, 0.5) is 0 Å². The molecule has 2 aromatic heterocycles. The van der Waals surface area contributed by atoms with Crippen LogP contribution in [0.3, 0.4) is 0 Å². The highest BCUT2D eigenvalue weighted by Gasteiger charge is 2.18. The van der Waals surface area contributed by atoms with Crippen LogP contribution in [0.1, 0.15) is 22.9 Å². The van der Waals surface area contributed by atoms with Crippen molar-refractivity contribution in [3.63, 3.8) is 0 Å². The van der Waals surface area contributed by atoms with Gasteiger partial charge in [0, 0.05) is 30.8 Å². The molecule has 0 aliphatic heterocycles. The summed E-state index contributed by atoms with van der Waals surface area (Å²) in [6.07, 6.45) is 9.71. The number of aryl methyl sites for hydroxylation is 1. The average Bonchev–Trinajstić information content (AvgIpc) is 3.15. The summed E-state index contributed by atoms with van der Waals surface area (Å²) in [5, 5.41) is 0. The lowest BCUT2D eigenvalue weighted by molar-refractivity contribution is 0.613. The molecule has 1 aromatic carbocycles. The van der Waals surface area contributed by atoms with Crippen molar-refractivity contribution in [3.8, 4) is 0 Å². The Morgan fingerprint density at radius 2 is 2.00 bits per heavy atom. The third-order valence-electron chi connectivity index (χ3n) is 3.69. The lowest BCUT2D eigenvalue weighted by Crippen LogP contribution is -2.15. The second-order valence-corrected chi connectivity index (χ2v) is 5.20. The van der Waals surface area contributed by atoms with Crippen molar-refractivity contribution < 1.29 is 0 Å². The van der Waals surface area contributed by atoms with E-state index in [9.17, 15) is 0 Å². The Morgan fingerprint density at radius 1 is 1.19 bits per heavy atom. The molecule has 0 saturated carbocycles. The molecule has 106 valence electrons. The number of aromatic nitrogens is 3. The second kappa shape index (κ2) is 5.83. The molecule has 0 aliphatic rings. The van der Waals surface area contributed by atoms with Crippen LogP contribution in [0.15, 0.2) is 74.0 Å². The van der Waals surface area contributed by atoms with E-state index in [-0.39, 0.29) is 6.04 Å². The molecule has 0 spiro atoms. The van der Waals surface area contributed by atoms with E-state index in [0.29, 0.717) is 0 Å². The summed E-state index contributed by atoms with van der Waals surface area (Å²) >= 11 is 0. The molecule has 0 radical (unpaired) electrons. The van der Waals surface area contributed by atoms with Gasteiger partial charge >= 0.3 is 0 Å². The van der Waals surface area contributed by atoms with Gasteiger partial charge in [0.15, 0.2) is 0 Å². The fraction of sp³-hybridized carbons (Fsp3) is 0.167. The van der Waals surface area contributed by atoms with Crippen LogP contribution in [-0.4, -0.2) is 14.1 Å². The van der Waals surface area contributed by atoms with Crippen molar-refractivity contribution in [2.45, 2.75) is 19.5 Å². The zero-order valence-corrected chi connectivity index (χ0v) is 12.2. The van der Waals surface area contributed by atoms with E-state index < -0.39 is 0 Å². The fourth-order valence-corrected chi connectivity index (χ4v) is 2.65. The maximum Gasteiger partial charge on any atom is 0.0998 e. The quantitative estimate of drug-likeness (QED) is 0.650. The molecule has 0 saturated heterocycles. The minimum atomic E-state index is 0.128. The summed E-state index contributed by atoms with van der Waals surface area (Å²) in [4.78, 5) is 4.21. The van der Waals surface area contributed by atoms with Crippen LogP contribution in [0.5, 0.6) is 0 Å². The van der Waals surface area contributed by atoms with Crippen LogP contribution < -0.4 is 0 Å². The highest BCUT2D eigenvalue weighted by atomic mass is 15.1. The Morgan fingerprint density at radius 3 is 2.67 bits per heavy atom. The van der Waals surface area contributed by atoms with Crippen LogP contribution in [0, 0.1) is 6.92 Å². The van der Waals surface area contributed by atoms with Crippen LogP contribution in [0.2, 0.25) is 0 Å². The van der Waals surface area contributed by atoms with Crippen LogP contribution in [0.25, 0.3) is 0 Å². The first-order chi connectivity index (χ1) is 10.3. The van der Waals surface area contributed by atoms with Gasteiger partial charge in [-0.1, -0.05) is 35.9 Å². The highest BCUT2D eigenvalue weighted by molar-refractivity contribution is 5.32. The first-order valence-electron chi connectivity index (χ1n) is 7.09. The van der Waals surface area contributed by atoms with Crippen molar-refractivity contribution in [1.82, 2.24) is 14.1 Å². The van der Waals surface area contributed by atoms with E-state index in [1.165, 1.54) is 16.8 Å². The highest BCUT2D eigenvalue weighted by Crippen LogP contribution is 2.27. The van der Waals surface area contributed by atoms with Crippen molar-refractivity contribution in [1.29, 1.82) is 0 Å². The normalized spacial score (nSPS) is 12.2. The summed E-state index contributed by atoms with van der Waals surface area (Å²) in [6.45, 7) is 6.76. The van der Waals surface area contributed by atoms with Gasteiger partial charge in [-0.2, -0.15) is 0 Å². The SMILES string of the molecule is C=CCn1cccc1C(c1ccc(C)cc1)n1ccnc1. The Labute approximate surface area is 125 Å². The van der Waals surface area contributed by atoms with Gasteiger partial charge in [0.2, 0.25) is 0 Å². The molecule has 3 heteroatoms. The number of hydrogen-bond donors (Lipinski definition) is 0. The number of allylic oxidation sites excluding steroid dienone is 1. The zero-order valence-electron chi connectivity index (χ0n) is 12.2. The Hall–Kier alpha value is -2.55. The molecule has 3 rings (SSSR count). The lowest BCUT2D eigenvalue weighted by Gasteiger charge is -2.21. The molecule has 0 aliphatic carbocycles. The van der Waals surface area contributed by atoms with Crippen molar-refractivity contribution in [2.24, 2.45) is 0 Å². The van der Waals surface area contributed by atoms with E-state index in [1.54, 1.807) is 0 Å². The van der Waals surface area contributed by atoms with E-state index in [0.717, 1.165) is 6.54 Å². The minimum Gasteiger partial charge on any atom is -0.345 e. The summed E-state index contributed by atoms with van der Waals surface area (Å²) in [5.74, 6) is 0. The van der Waals surface area contributed by atoms with Crippen LogP contribution in [-0.2, 0) is 6.54 Å². The molecule has 2 heterocycles. The maximum absolute atomic E-state index is 4.21. The molecule has 0 fully saturated rings. The van der Waals surface area contributed by atoms with Gasteiger partial charge in [0.25, 0.3) is 0 Å². The number of rotatable bonds is 5. The van der Waals surface area contributed by atoms with Gasteiger partial charge in [0.1, 0.15) is 0 Å². The Balaban J connectivity index is 2.10. The third-order valence-corrected chi connectivity index (χ3v) is 3.69. The zero-order chi connectivity index (χ0) is 14.7. The van der Waals surface area contributed by atoms with Crippen molar-refractivity contribution in [2.75, 3.05) is 0 Å². The smallest absolute Gasteiger partial charge is 0.0998 e. The molecule has 0 amide bonds. The van der Waals surface area contributed by atoms with Gasteiger partial charge in [-0.15, -0.1) is 6.58 Å². The first kappa shape index (κ1) is 13.4. The molecular formula is C18H19N3. The van der Waals surface area contributed by atoms with Crippen molar-refractivity contribution in [3.05, 3.63) is 90.8 Å². The minimum absolute atomic E-state index is 0.128. The first-order valence-corrected chi connectivity index (χ1v) is 7.09. The summed E-state index contributed by atoms with van der Waals surface area (Å²) in [5.41, 5.74) is 3.75. The van der Waals surface area contributed by atoms with Crippen LogP contribution >= 0.6 is 0 Å². The average molecular weight is 277 g/mol. The number of benzene rings is 1. The summed E-state index contributed by atoms with van der Waals surface area (Å²) in [6, 6.07) is 13.0. The molecule has 0 N–H and O–H groups in total. The van der Waals surface area contributed by atoms with E-state index in [1.807, 2.05) is 24.8 Å². The monoisotopic (exact) mass is 277 g/mol. The molecule has 0 bridgehead atoms. The topological polar surface area (TPSA) is 22.8 Å². The molecule has 21 heavy (non-hydrogen) atoms. The third kappa shape index (κ3) is 2.68. The molecule has 1 unspecified atom stereocenters. The Kier molecular flexibility index (Phi) is 3.73. The molecular weight excluding hydrogens is 258 g/mol. The second-order valence-electron chi connectivity index (χ2n) is 5.20. The number of nitrogens with zero attached hydrogens (tertiary/aromatic N) is 3. The van der Waals surface area contributed by atoms with E-state index in [2.05, 4.69) is 70.2 Å². The van der Waals surface area contributed by atoms with E-state index in [4.69, 9.17) is 0 Å². The van der Waals surface area contributed by atoms with Gasteiger partial charge < -0.3 is 9.13 Å². The van der Waals surface area contributed by atoms with Gasteiger partial charge in [0.05, 0.1) is 12.4 Å².